The Balaban J connectivity index is 1.69. The summed E-state index contributed by atoms with van der Waals surface area (Å²) in [5, 5.41) is 3.01. The van der Waals surface area contributed by atoms with Gasteiger partial charge in [-0.05, 0) is 38.8 Å². The van der Waals surface area contributed by atoms with Crippen molar-refractivity contribution < 1.29 is 4.79 Å². The molecule has 1 aliphatic heterocycles. The molecule has 1 aliphatic rings. The van der Waals surface area contributed by atoms with Crippen LogP contribution in [0.5, 0.6) is 0 Å². The standard InChI is InChI=1S/C20H27N5O/c1-15(23-19(26)17-8-10-21-11-9-17)18-14-22-20(24-16(18)2)25-12-6-4-3-5-7-13-25/h8-11,14-15H,3-7,12-13H2,1-2H3,(H,23,26)/t15-/m0/s1. The smallest absolute Gasteiger partial charge is 0.251 e. The summed E-state index contributed by atoms with van der Waals surface area (Å²) in [5.41, 5.74) is 2.46. The Morgan fingerprint density at radius 1 is 1.12 bits per heavy atom. The number of nitrogens with one attached hydrogen (secondary N) is 1. The van der Waals surface area contributed by atoms with E-state index in [-0.39, 0.29) is 11.9 Å². The van der Waals surface area contributed by atoms with E-state index in [9.17, 15) is 4.79 Å². The number of aromatic nitrogens is 3. The third-order valence-electron chi connectivity index (χ3n) is 4.90. The van der Waals surface area contributed by atoms with Gasteiger partial charge in [-0.25, -0.2) is 9.97 Å². The monoisotopic (exact) mass is 353 g/mol. The minimum absolute atomic E-state index is 0.118. The summed E-state index contributed by atoms with van der Waals surface area (Å²) < 4.78 is 0. The lowest BCUT2D eigenvalue weighted by molar-refractivity contribution is 0.0939. The van der Waals surface area contributed by atoms with Crippen LogP contribution in [0, 0.1) is 6.92 Å². The third-order valence-corrected chi connectivity index (χ3v) is 4.90. The number of hydrogen-bond donors (Lipinski definition) is 1. The van der Waals surface area contributed by atoms with Crippen LogP contribution in [0.25, 0.3) is 0 Å². The first-order chi connectivity index (χ1) is 12.6. The number of carbonyl (C=O) groups excluding carboxylic acids is 1. The number of nitrogens with zero attached hydrogens (tertiary/aromatic N) is 4. The van der Waals surface area contributed by atoms with Crippen LogP contribution >= 0.6 is 0 Å². The van der Waals surface area contributed by atoms with E-state index >= 15 is 0 Å². The van der Waals surface area contributed by atoms with Gasteiger partial charge in [0.15, 0.2) is 0 Å². The summed E-state index contributed by atoms with van der Waals surface area (Å²) in [5.74, 6) is 0.688. The van der Waals surface area contributed by atoms with Crippen molar-refractivity contribution in [2.75, 3.05) is 18.0 Å². The van der Waals surface area contributed by atoms with Crippen molar-refractivity contribution in [3.8, 4) is 0 Å². The number of anilines is 1. The number of rotatable bonds is 4. The van der Waals surface area contributed by atoms with Crippen LogP contribution in [-0.2, 0) is 0 Å². The molecule has 3 heterocycles. The zero-order chi connectivity index (χ0) is 18.4. The molecular formula is C20H27N5O. The second kappa shape index (κ2) is 8.74. The SMILES string of the molecule is Cc1nc(N2CCCCCCC2)ncc1[C@H](C)NC(=O)c1ccncc1. The van der Waals surface area contributed by atoms with Crippen LogP contribution in [0.15, 0.2) is 30.7 Å². The van der Waals surface area contributed by atoms with Gasteiger partial charge in [0.2, 0.25) is 5.95 Å². The lowest BCUT2D eigenvalue weighted by Crippen LogP contribution is -2.30. The first-order valence-corrected chi connectivity index (χ1v) is 9.44. The van der Waals surface area contributed by atoms with E-state index in [1.165, 1.54) is 32.1 Å². The molecule has 0 bridgehead atoms. The van der Waals surface area contributed by atoms with Gasteiger partial charge in [-0.3, -0.25) is 9.78 Å². The van der Waals surface area contributed by atoms with E-state index in [1.807, 2.05) is 20.0 Å². The van der Waals surface area contributed by atoms with Crippen LogP contribution in [0.4, 0.5) is 5.95 Å². The van der Waals surface area contributed by atoms with E-state index in [4.69, 9.17) is 4.98 Å². The minimum Gasteiger partial charge on any atom is -0.345 e. The molecule has 6 heteroatoms. The molecule has 0 unspecified atom stereocenters. The first-order valence-electron chi connectivity index (χ1n) is 9.44. The minimum atomic E-state index is -0.156. The highest BCUT2D eigenvalue weighted by Gasteiger charge is 2.17. The average Bonchev–Trinajstić information content (AvgIpc) is 2.62. The van der Waals surface area contributed by atoms with Gasteiger partial charge in [0.05, 0.1) is 6.04 Å². The second-order valence-electron chi connectivity index (χ2n) is 6.90. The zero-order valence-electron chi connectivity index (χ0n) is 15.6. The van der Waals surface area contributed by atoms with Crippen LogP contribution in [0.3, 0.4) is 0 Å². The number of aryl methyl sites for hydroxylation is 1. The highest BCUT2D eigenvalue weighted by molar-refractivity contribution is 5.94. The van der Waals surface area contributed by atoms with Crippen molar-refractivity contribution in [1.82, 2.24) is 20.3 Å². The molecular weight excluding hydrogens is 326 g/mol. The molecule has 1 saturated heterocycles. The summed E-state index contributed by atoms with van der Waals surface area (Å²) in [6.07, 6.45) is 11.4. The van der Waals surface area contributed by atoms with Crippen molar-refractivity contribution in [3.05, 3.63) is 47.5 Å². The largest absolute Gasteiger partial charge is 0.345 e. The van der Waals surface area contributed by atoms with Crippen LogP contribution in [0.2, 0.25) is 0 Å². The van der Waals surface area contributed by atoms with E-state index in [0.29, 0.717) is 5.56 Å². The predicted octanol–water partition coefficient (Wildman–Crippen LogP) is 3.44. The van der Waals surface area contributed by atoms with Gasteiger partial charge in [0, 0.05) is 48.5 Å². The summed E-state index contributed by atoms with van der Waals surface area (Å²) in [4.78, 5) is 27.9. The fourth-order valence-corrected chi connectivity index (χ4v) is 3.35. The van der Waals surface area contributed by atoms with Gasteiger partial charge in [0.25, 0.3) is 5.91 Å². The fraction of sp³-hybridized carbons (Fsp3) is 0.500. The Kier molecular flexibility index (Phi) is 6.15. The fourth-order valence-electron chi connectivity index (χ4n) is 3.35. The predicted molar refractivity (Wildman–Crippen MR) is 102 cm³/mol. The zero-order valence-corrected chi connectivity index (χ0v) is 15.6. The van der Waals surface area contributed by atoms with Gasteiger partial charge >= 0.3 is 0 Å². The van der Waals surface area contributed by atoms with Crippen molar-refractivity contribution >= 4 is 11.9 Å². The lowest BCUT2D eigenvalue weighted by Gasteiger charge is -2.25. The first kappa shape index (κ1) is 18.3. The Hall–Kier alpha value is -2.50. The Labute approximate surface area is 155 Å². The quantitative estimate of drug-likeness (QED) is 0.912. The number of amides is 1. The van der Waals surface area contributed by atoms with E-state index in [0.717, 1.165) is 30.3 Å². The molecule has 1 amide bonds. The molecule has 0 aromatic carbocycles. The van der Waals surface area contributed by atoms with Gasteiger partial charge in [-0.15, -0.1) is 0 Å². The maximum Gasteiger partial charge on any atom is 0.251 e. The molecule has 1 fully saturated rings. The third kappa shape index (κ3) is 4.56. The summed E-state index contributed by atoms with van der Waals surface area (Å²) in [6, 6.07) is 3.25. The highest BCUT2D eigenvalue weighted by Crippen LogP contribution is 2.20. The molecule has 0 radical (unpaired) electrons. The van der Waals surface area contributed by atoms with Gasteiger partial charge in [-0.1, -0.05) is 19.3 Å². The maximum absolute atomic E-state index is 12.3. The molecule has 1 atom stereocenters. The molecule has 2 aromatic rings. The molecule has 6 nitrogen and oxygen atoms in total. The van der Waals surface area contributed by atoms with Gasteiger partial charge < -0.3 is 10.2 Å². The molecule has 3 rings (SSSR count). The molecule has 0 aliphatic carbocycles. The molecule has 138 valence electrons. The van der Waals surface area contributed by atoms with Gasteiger partial charge in [-0.2, -0.15) is 0 Å². The molecule has 0 spiro atoms. The Morgan fingerprint density at radius 2 is 1.77 bits per heavy atom. The van der Waals surface area contributed by atoms with Gasteiger partial charge in [0.1, 0.15) is 0 Å². The second-order valence-corrected chi connectivity index (χ2v) is 6.90. The van der Waals surface area contributed by atoms with E-state index in [1.54, 1.807) is 24.5 Å². The van der Waals surface area contributed by atoms with Crippen molar-refractivity contribution in [3.63, 3.8) is 0 Å². The van der Waals surface area contributed by atoms with E-state index < -0.39 is 0 Å². The maximum atomic E-state index is 12.3. The number of pyridine rings is 1. The summed E-state index contributed by atoms with van der Waals surface area (Å²) in [6.45, 7) is 5.99. The van der Waals surface area contributed by atoms with E-state index in [2.05, 4.69) is 20.2 Å². The molecule has 26 heavy (non-hydrogen) atoms. The summed E-state index contributed by atoms with van der Waals surface area (Å²) >= 11 is 0. The Morgan fingerprint density at radius 3 is 2.42 bits per heavy atom. The molecule has 2 aromatic heterocycles. The van der Waals surface area contributed by atoms with Crippen molar-refractivity contribution in [2.24, 2.45) is 0 Å². The average molecular weight is 353 g/mol. The number of carbonyl (C=O) groups is 1. The van der Waals surface area contributed by atoms with Crippen LogP contribution in [-0.4, -0.2) is 33.9 Å². The van der Waals surface area contributed by atoms with Crippen molar-refractivity contribution in [1.29, 1.82) is 0 Å². The molecule has 0 saturated carbocycles. The van der Waals surface area contributed by atoms with Crippen molar-refractivity contribution in [2.45, 2.75) is 52.0 Å². The topological polar surface area (TPSA) is 71.0 Å². The molecule has 1 N–H and O–H groups in total. The number of hydrogen-bond acceptors (Lipinski definition) is 5. The lowest BCUT2D eigenvalue weighted by atomic mass is 10.1. The Bertz CT molecular complexity index is 726. The van der Waals surface area contributed by atoms with Crippen LogP contribution in [0.1, 0.15) is 66.7 Å². The normalized spacial score (nSPS) is 16.5. The summed E-state index contributed by atoms with van der Waals surface area (Å²) in [7, 11) is 0. The van der Waals surface area contributed by atoms with Crippen LogP contribution < -0.4 is 10.2 Å². The highest BCUT2D eigenvalue weighted by atomic mass is 16.1.